The lowest BCUT2D eigenvalue weighted by molar-refractivity contribution is -0.148. The average Bonchev–Trinajstić information content (AvgIpc) is 2.82. The smallest absolute Gasteiger partial charge is 0.328 e. The molecule has 206 valence electrons. The van der Waals surface area contributed by atoms with Crippen LogP contribution < -0.4 is 16.4 Å². The molecule has 1 rings (SSSR count). The number of hydrogen-bond donors (Lipinski definition) is 4. The summed E-state index contributed by atoms with van der Waals surface area (Å²) in [4.78, 5) is 54.0. The first-order chi connectivity index (χ1) is 17.5. The van der Waals surface area contributed by atoms with Gasteiger partial charge < -0.3 is 25.8 Å². The van der Waals surface area contributed by atoms with E-state index in [4.69, 9.17) is 15.2 Å². The third-order valence-corrected chi connectivity index (χ3v) is 4.69. The third kappa shape index (κ3) is 14.1. The van der Waals surface area contributed by atoms with E-state index in [9.17, 15) is 19.2 Å². The minimum absolute atomic E-state index is 0.00124. The van der Waals surface area contributed by atoms with Gasteiger partial charge in [0.25, 0.3) is 5.91 Å². The van der Waals surface area contributed by atoms with Crippen molar-refractivity contribution in [1.29, 1.82) is 0 Å². The molecule has 37 heavy (non-hydrogen) atoms. The number of carbonyl (C=O) groups excluding carboxylic acids is 4. The molecule has 1 aromatic rings. The van der Waals surface area contributed by atoms with Gasteiger partial charge in [-0.3, -0.25) is 19.4 Å². The number of carbonyl (C=O) groups is 4. The zero-order valence-corrected chi connectivity index (χ0v) is 23.4. The number of hydrogen-bond acceptors (Lipinski definition) is 9. The van der Waals surface area contributed by atoms with Crippen molar-refractivity contribution in [3.63, 3.8) is 0 Å². The molecule has 4 N–H and O–H groups in total. The maximum absolute atomic E-state index is 12.7. The van der Waals surface area contributed by atoms with Crippen molar-refractivity contribution in [1.82, 2.24) is 10.6 Å². The molecule has 0 saturated carbocycles. The van der Waals surface area contributed by atoms with Crippen molar-refractivity contribution in [2.45, 2.75) is 71.7 Å². The van der Waals surface area contributed by atoms with Crippen LogP contribution in [-0.2, 0) is 28.7 Å². The molecule has 0 bridgehead atoms. The summed E-state index contributed by atoms with van der Waals surface area (Å²) in [5.74, 6) is -2.41. The average molecular weight is 537 g/mol. The van der Waals surface area contributed by atoms with Crippen molar-refractivity contribution in [2.75, 3.05) is 19.8 Å². The van der Waals surface area contributed by atoms with E-state index in [0.717, 1.165) is 4.90 Å². The highest BCUT2D eigenvalue weighted by Gasteiger charge is 2.24. The van der Waals surface area contributed by atoms with Crippen LogP contribution in [-0.4, -0.2) is 55.3 Å². The predicted molar refractivity (Wildman–Crippen MR) is 147 cm³/mol. The van der Waals surface area contributed by atoms with Gasteiger partial charge >= 0.3 is 11.9 Å². The zero-order chi connectivity index (χ0) is 28.4. The minimum Gasteiger partial charge on any atom is -0.466 e. The van der Waals surface area contributed by atoms with E-state index in [1.54, 1.807) is 52.0 Å². The van der Waals surface area contributed by atoms with E-state index >= 15 is 0 Å². The van der Waals surface area contributed by atoms with Gasteiger partial charge in [0.05, 0.1) is 36.7 Å². The molecular weight excluding hydrogens is 496 g/mol. The molecule has 0 aliphatic rings. The summed E-state index contributed by atoms with van der Waals surface area (Å²) in [6, 6.07) is 5.96. The molecule has 0 heterocycles. The quantitative estimate of drug-likeness (QED) is 0.139. The van der Waals surface area contributed by atoms with Crippen molar-refractivity contribution in [2.24, 2.45) is 10.7 Å². The molecule has 0 spiro atoms. The minimum atomic E-state index is -1.06. The summed E-state index contributed by atoms with van der Waals surface area (Å²) < 4.78 is 9.79. The second kappa shape index (κ2) is 18.9. The summed E-state index contributed by atoms with van der Waals surface area (Å²) in [5.41, 5.74) is 7.22. The molecule has 0 aromatic heterocycles. The monoisotopic (exact) mass is 536 g/mol. The molecule has 1 unspecified atom stereocenters. The Balaban J connectivity index is 0.00000410. The van der Waals surface area contributed by atoms with Crippen molar-refractivity contribution >= 4 is 47.8 Å². The number of thiol groups is 1. The second-order valence-electron chi connectivity index (χ2n) is 7.88. The summed E-state index contributed by atoms with van der Waals surface area (Å²) in [6.45, 7) is 10.6. The number of aliphatic imine (C=N–C) groups is 1. The molecule has 0 fully saturated rings. The van der Waals surface area contributed by atoms with Gasteiger partial charge in [-0.15, -0.1) is 12.6 Å². The van der Waals surface area contributed by atoms with Crippen LogP contribution in [0, 0.1) is 0 Å². The number of rotatable bonds is 12. The summed E-state index contributed by atoms with van der Waals surface area (Å²) >= 11 is 4.22. The molecule has 11 heteroatoms. The Hall–Kier alpha value is -3.34. The Morgan fingerprint density at radius 3 is 2.08 bits per heavy atom. The normalized spacial score (nSPS) is 12.2. The molecule has 0 aliphatic heterocycles. The fourth-order valence-corrected chi connectivity index (χ4v) is 3.04. The van der Waals surface area contributed by atoms with Gasteiger partial charge in [0.1, 0.15) is 6.04 Å². The lowest BCUT2D eigenvalue weighted by Gasteiger charge is -2.17. The van der Waals surface area contributed by atoms with E-state index in [1.807, 2.05) is 0 Å². The summed E-state index contributed by atoms with van der Waals surface area (Å²) in [5, 5.41) is 4.95. The van der Waals surface area contributed by atoms with Crippen LogP contribution in [0.3, 0.4) is 0 Å². The molecule has 10 nitrogen and oxygen atoms in total. The van der Waals surface area contributed by atoms with Crippen LogP contribution in [0.25, 0.3) is 0 Å². The number of nitrogens with two attached hydrogens (primary N) is 1. The number of allylic oxidation sites excluding steroid dienone is 1. The lowest BCUT2D eigenvalue weighted by Crippen LogP contribution is -2.47. The first kappa shape index (κ1) is 33.7. The van der Waals surface area contributed by atoms with Crippen molar-refractivity contribution in [3.05, 3.63) is 35.5 Å². The zero-order valence-electron chi connectivity index (χ0n) is 22.6. The predicted octanol–water partition coefficient (Wildman–Crippen LogP) is 3.22. The second-order valence-corrected chi connectivity index (χ2v) is 8.39. The molecule has 2 amide bonds. The Kier molecular flexibility index (Phi) is 17.2. The molecule has 1 atom stereocenters. The SMILES string of the molecule is CCC.CCOC(=O)CCC(NC(=O)CNC(=O)/C(C(C)=Nc1ccc(S)cc1)=C(\C)N)C(=O)OCC. The van der Waals surface area contributed by atoms with Crippen molar-refractivity contribution < 1.29 is 28.7 Å². The maximum atomic E-state index is 12.7. The van der Waals surface area contributed by atoms with E-state index in [2.05, 4.69) is 42.1 Å². The Bertz CT molecular complexity index is 956. The van der Waals surface area contributed by atoms with E-state index in [-0.39, 0.29) is 37.3 Å². The van der Waals surface area contributed by atoms with Gasteiger partial charge in [-0.25, -0.2) is 4.79 Å². The number of ether oxygens (including phenoxy) is 2. The number of benzene rings is 1. The lowest BCUT2D eigenvalue weighted by atomic mass is 10.1. The number of amides is 2. The van der Waals surface area contributed by atoms with Crippen LogP contribution in [0.15, 0.2) is 45.4 Å². The molecule has 0 radical (unpaired) electrons. The highest BCUT2D eigenvalue weighted by molar-refractivity contribution is 7.80. The maximum Gasteiger partial charge on any atom is 0.328 e. The fourth-order valence-electron chi connectivity index (χ4n) is 2.89. The molecular formula is C26H40N4O6S. The number of esters is 2. The summed E-state index contributed by atoms with van der Waals surface area (Å²) in [7, 11) is 0. The first-order valence-electron chi connectivity index (χ1n) is 12.2. The van der Waals surface area contributed by atoms with Crippen molar-refractivity contribution in [3.8, 4) is 0 Å². The van der Waals surface area contributed by atoms with Gasteiger partial charge in [-0.1, -0.05) is 20.3 Å². The Morgan fingerprint density at radius 1 is 1.00 bits per heavy atom. The highest BCUT2D eigenvalue weighted by atomic mass is 32.1. The third-order valence-electron chi connectivity index (χ3n) is 4.39. The highest BCUT2D eigenvalue weighted by Crippen LogP contribution is 2.17. The van der Waals surface area contributed by atoms with E-state index in [1.165, 1.54) is 6.42 Å². The van der Waals surface area contributed by atoms with Crippen LogP contribution in [0.4, 0.5) is 5.69 Å². The first-order valence-corrected chi connectivity index (χ1v) is 12.7. The van der Waals surface area contributed by atoms with Gasteiger partial charge in [-0.2, -0.15) is 0 Å². The van der Waals surface area contributed by atoms with Gasteiger partial charge in [0.2, 0.25) is 5.91 Å². The van der Waals surface area contributed by atoms with Gasteiger partial charge in [-0.05, 0) is 58.4 Å². The van der Waals surface area contributed by atoms with Gasteiger partial charge in [0.15, 0.2) is 0 Å². The van der Waals surface area contributed by atoms with Crippen LogP contribution >= 0.6 is 12.6 Å². The van der Waals surface area contributed by atoms with Gasteiger partial charge in [0, 0.05) is 17.0 Å². The molecule has 0 saturated heterocycles. The number of nitrogens with zero attached hydrogens (tertiary/aromatic N) is 1. The topological polar surface area (TPSA) is 149 Å². The van der Waals surface area contributed by atoms with Crippen LogP contribution in [0.5, 0.6) is 0 Å². The Labute approximate surface area is 224 Å². The fraction of sp³-hybridized carbons (Fsp3) is 0.500. The van der Waals surface area contributed by atoms with Crippen LogP contribution in [0.2, 0.25) is 0 Å². The standard InChI is InChI=1S/C23H32N4O6S.C3H8/c1-5-32-20(29)12-11-18(23(31)33-6-2)27-19(28)13-25-22(30)21(14(3)24)15(4)26-16-7-9-17(34)10-8-16;1-3-2/h7-10,18,34H,5-6,11-13,24H2,1-4H3,(H,25,30)(H,27,28);3H2,1-2H3/b21-14+,26-15?;. The number of nitrogens with one attached hydrogen (secondary N) is 2. The molecule has 1 aromatic carbocycles. The summed E-state index contributed by atoms with van der Waals surface area (Å²) in [6.07, 6.45) is 1.17. The molecule has 0 aliphatic carbocycles. The Morgan fingerprint density at radius 2 is 1.57 bits per heavy atom. The van der Waals surface area contributed by atoms with E-state index < -0.39 is 36.3 Å². The van der Waals surface area contributed by atoms with E-state index in [0.29, 0.717) is 11.4 Å². The van der Waals surface area contributed by atoms with Crippen LogP contribution in [0.1, 0.15) is 60.8 Å². The largest absolute Gasteiger partial charge is 0.466 e.